The molecule has 0 spiro atoms. The third-order valence-electron chi connectivity index (χ3n) is 2.61. The zero-order valence-electron chi connectivity index (χ0n) is 10.4. The highest BCUT2D eigenvalue weighted by atomic mass is 16.5. The van der Waals surface area contributed by atoms with Gasteiger partial charge in [-0.05, 0) is 29.8 Å². The number of benzene rings is 1. The number of pyridine rings is 1. The Morgan fingerprint density at radius 1 is 1.32 bits per heavy atom. The van der Waals surface area contributed by atoms with Crippen molar-refractivity contribution < 1.29 is 14.6 Å². The van der Waals surface area contributed by atoms with E-state index in [9.17, 15) is 9.90 Å². The van der Waals surface area contributed by atoms with Crippen LogP contribution < -0.4 is 4.74 Å². The van der Waals surface area contributed by atoms with Gasteiger partial charge >= 0.3 is 5.97 Å². The van der Waals surface area contributed by atoms with E-state index < -0.39 is 5.97 Å². The zero-order valence-corrected chi connectivity index (χ0v) is 10.4. The van der Waals surface area contributed by atoms with Crippen LogP contribution in [0.5, 0.6) is 5.75 Å². The Bertz CT molecular complexity index is 606. The molecule has 2 aromatic rings. The molecule has 0 saturated heterocycles. The minimum Gasteiger partial charge on any atom is -0.497 e. The minimum absolute atomic E-state index is 0.196. The molecule has 0 aliphatic heterocycles. The first-order chi connectivity index (χ1) is 9.20. The Morgan fingerprint density at radius 2 is 2.16 bits per heavy atom. The van der Waals surface area contributed by atoms with Crippen LogP contribution in [0.25, 0.3) is 11.6 Å². The predicted octanol–water partition coefficient (Wildman–Crippen LogP) is 2.72. The van der Waals surface area contributed by atoms with Crippen molar-refractivity contribution in [1.82, 2.24) is 4.98 Å². The van der Waals surface area contributed by atoms with Crippen LogP contribution in [0.4, 0.5) is 0 Å². The van der Waals surface area contributed by atoms with Gasteiger partial charge in [0.1, 0.15) is 5.75 Å². The van der Waals surface area contributed by atoms with Crippen molar-refractivity contribution in [1.29, 1.82) is 0 Å². The number of nitrogens with zero attached hydrogens (tertiary/aromatic N) is 1. The fourth-order valence-corrected chi connectivity index (χ4v) is 1.69. The third-order valence-corrected chi connectivity index (χ3v) is 2.61. The standard InChI is InChI=1S/C15H13NO3/c1-19-13-6-2-4-11(8-13)9-14(15(17)18)12-5-3-7-16-10-12/h2-10H,1H3,(H,17,18). The van der Waals surface area contributed by atoms with E-state index in [0.717, 1.165) is 5.56 Å². The van der Waals surface area contributed by atoms with Crippen LogP contribution in [0.1, 0.15) is 11.1 Å². The van der Waals surface area contributed by atoms with E-state index in [4.69, 9.17) is 4.74 Å². The van der Waals surface area contributed by atoms with E-state index in [-0.39, 0.29) is 5.57 Å². The molecule has 2 rings (SSSR count). The van der Waals surface area contributed by atoms with Crippen molar-refractivity contribution in [3.63, 3.8) is 0 Å². The van der Waals surface area contributed by atoms with Crippen molar-refractivity contribution in [3.8, 4) is 5.75 Å². The second kappa shape index (κ2) is 5.82. The van der Waals surface area contributed by atoms with Gasteiger partial charge < -0.3 is 9.84 Å². The van der Waals surface area contributed by atoms with Crippen LogP contribution >= 0.6 is 0 Å². The molecule has 0 bridgehead atoms. The van der Waals surface area contributed by atoms with Crippen molar-refractivity contribution in [2.75, 3.05) is 7.11 Å². The summed E-state index contributed by atoms with van der Waals surface area (Å²) >= 11 is 0. The van der Waals surface area contributed by atoms with Gasteiger partial charge in [-0.25, -0.2) is 4.79 Å². The molecule has 0 saturated carbocycles. The van der Waals surface area contributed by atoms with Crippen LogP contribution in [0, 0.1) is 0 Å². The molecule has 0 aliphatic carbocycles. The lowest BCUT2D eigenvalue weighted by atomic mass is 10.0. The van der Waals surface area contributed by atoms with E-state index in [0.29, 0.717) is 11.3 Å². The summed E-state index contributed by atoms with van der Waals surface area (Å²) in [5, 5.41) is 9.29. The summed E-state index contributed by atoms with van der Waals surface area (Å²) in [6.45, 7) is 0. The molecule has 19 heavy (non-hydrogen) atoms. The number of aliphatic carboxylic acids is 1. The average Bonchev–Trinajstić information content (AvgIpc) is 2.45. The quantitative estimate of drug-likeness (QED) is 0.853. The molecule has 1 heterocycles. The van der Waals surface area contributed by atoms with E-state index in [2.05, 4.69) is 4.98 Å². The van der Waals surface area contributed by atoms with Crippen molar-refractivity contribution in [2.45, 2.75) is 0 Å². The largest absolute Gasteiger partial charge is 0.497 e. The van der Waals surface area contributed by atoms with Gasteiger partial charge in [0.25, 0.3) is 0 Å². The molecule has 4 nitrogen and oxygen atoms in total. The third kappa shape index (κ3) is 3.19. The van der Waals surface area contributed by atoms with Crippen LogP contribution in [0.3, 0.4) is 0 Å². The normalized spacial score (nSPS) is 11.1. The summed E-state index contributed by atoms with van der Waals surface area (Å²) < 4.78 is 5.11. The maximum absolute atomic E-state index is 11.3. The lowest BCUT2D eigenvalue weighted by Crippen LogP contribution is -2.00. The Hall–Kier alpha value is -2.62. The Kier molecular flexibility index (Phi) is 3.93. The molecule has 0 radical (unpaired) electrons. The Morgan fingerprint density at radius 3 is 2.79 bits per heavy atom. The second-order valence-electron chi connectivity index (χ2n) is 3.88. The number of ether oxygens (including phenoxy) is 1. The first kappa shape index (κ1) is 12.8. The van der Waals surface area contributed by atoms with Gasteiger partial charge in [0.2, 0.25) is 0 Å². The van der Waals surface area contributed by atoms with E-state index in [1.165, 1.54) is 6.20 Å². The molecule has 4 heteroatoms. The SMILES string of the molecule is COc1cccc(C=C(C(=O)O)c2cccnc2)c1. The van der Waals surface area contributed by atoms with Gasteiger partial charge in [0, 0.05) is 18.0 Å². The topological polar surface area (TPSA) is 59.4 Å². The number of rotatable bonds is 4. The fraction of sp³-hybridized carbons (Fsp3) is 0.0667. The summed E-state index contributed by atoms with van der Waals surface area (Å²) in [4.78, 5) is 15.3. The molecule has 1 N–H and O–H groups in total. The molecule has 0 unspecified atom stereocenters. The van der Waals surface area contributed by atoms with Crippen molar-refractivity contribution in [3.05, 3.63) is 59.9 Å². The van der Waals surface area contributed by atoms with Crippen LogP contribution in [-0.2, 0) is 4.79 Å². The maximum Gasteiger partial charge on any atom is 0.336 e. The molecule has 96 valence electrons. The van der Waals surface area contributed by atoms with Crippen molar-refractivity contribution in [2.24, 2.45) is 0 Å². The summed E-state index contributed by atoms with van der Waals surface area (Å²) in [5.41, 5.74) is 1.53. The number of carbonyl (C=O) groups is 1. The Balaban J connectivity index is 2.44. The summed E-state index contributed by atoms with van der Waals surface area (Å²) in [5.74, 6) is -0.305. The van der Waals surface area contributed by atoms with Gasteiger partial charge in [-0.3, -0.25) is 4.98 Å². The van der Waals surface area contributed by atoms with Crippen LogP contribution in [-0.4, -0.2) is 23.2 Å². The molecular formula is C15H13NO3. The summed E-state index contributed by atoms with van der Waals surface area (Å²) in [6.07, 6.45) is 4.73. The number of carboxylic acids is 1. The monoisotopic (exact) mass is 255 g/mol. The first-order valence-corrected chi connectivity index (χ1v) is 5.70. The predicted molar refractivity (Wildman–Crippen MR) is 72.7 cm³/mol. The molecular weight excluding hydrogens is 242 g/mol. The first-order valence-electron chi connectivity index (χ1n) is 5.70. The average molecular weight is 255 g/mol. The highest BCUT2D eigenvalue weighted by molar-refractivity contribution is 6.20. The highest BCUT2D eigenvalue weighted by Gasteiger charge is 2.10. The number of carboxylic acid groups (broad SMARTS) is 1. The lowest BCUT2D eigenvalue weighted by Gasteiger charge is -2.04. The lowest BCUT2D eigenvalue weighted by molar-refractivity contribution is -0.130. The molecule has 0 aliphatic rings. The number of methoxy groups -OCH3 is 1. The minimum atomic E-state index is -0.990. The van der Waals surface area contributed by atoms with Crippen molar-refractivity contribution >= 4 is 17.6 Å². The molecule has 1 aromatic carbocycles. The smallest absolute Gasteiger partial charge is 0.336 e. The molecule has 0 atom stereocenters. The number of hydrogen-bond acceptors (Lipinski definition) is 3. The molecule has 1 aromatic heterocycles. The van der Waals surface area contributed by atoms with E-state index in [1.54, 1.807) is 37.6 Å². The van der Waals surface area contributed by atoms with Gasteiger partial charge in [-0.15, -0.1) is 0 Å². The van der Waals surface area contributed by atoms with E-state index >= 15 is 0 Å². The van der Waals surface area contributed by atoms with E-state index in [1.807, 2.05) is 18.2 Å². The van der Waals surface area contributed by atoms with Crippen LogP contribution in [0.15, 0.2) is 48.8 Å². The fourth-order valence-electron chi connectivity index (χ4n) is 1.69. The summed E-state index contributed by atoms with van der Waals surface area (Å²) in [6, 6.07) is 10.6. The highest BCUT2D eigenvalue weighted by Crippen LogP contribution is 2.20. The van der Waals surface area contributed by atoms with Crippen LogP contribution in [0.2, 0.25) is 0 Å². The van der Waals surface area contributed by atoms with Gasteiger partial charge in [0.15, 0.2) is 0 Å². The number of aromatic nitrogens is 1. The summed E-state index contributed by atoms with van der Waals surface area (Å²) in [7, 11) is 1.57. The van der Waals surface area contributed by atoms with Gasteiger partial charge in [-0.1, -0.05) is 18.2 Å². The molecule has 0 amide bonds. The maximum atomic E-state index is 11.3. The number of hydrogen-bond donors (Lipinski definition) is 1. The Labute approximate surface area is 111 Å². The van der Waals surface area contributed by atoms with Gasteiger partial charge in [-0.2, -0.15) is 0 Å². The molecule has 0 fully saturated rings. The zero-order chi connectivity index (χ0) is 13.7. The van der Waals surface area contributed by atoms with Gasteiger partial charge in [0.05, 0.1) is 12.7 Å². The second-order valence-corrected chi connectivity index (χ2v) is 3.88.